The zero-order valence-electron chi connectivity index (χ0n) is 6.75. The zero-order valence-corrected chi connectivity index (χ0v) is 6.75. The van der Waals surface area contributed by atoms with Crippen LogP contribution >= 0.6 is 0 Å². The summed E-state index contributed by atoms with van der Waals surface area (Å²) in [6.45, 7) is 5.72. The van der Waals surface area contributed by atoms with Crippen molar-refractivity contribution < 1.29 is 0 Å². The highest BCUT2D eigenvalue weighted by atomic mass is 15.1. The van der Waals surface area contributed by atoms with Gasteiger partial charge >= 0.3 is 0 Å². The van der Waals surface area contributed by atoms with E-state index >= 15 is 0 Å². The van der Waals surface area contributed by atoms with E-state index in [2.05, 4.69) is 16.8 Å². The van der Waals surface area contributed by atoms with Crippen molar-refractivity contribution in [3.05, 3.63) is 36.2 Å². The van der Waals surface area contributed by atoms with Crippen molar-refractivity contribution in [2.24, 2.45) is 0 Å². The maximum Gasteiger partial charge on any atom is 0.0530 e. The highest BCUT2D eigenvalue weighted by Gasteiger charge is 1.95. The van der Waals surface area contributed by atoms with Crippen LogP contribution in [0.5, 0.6) is 0 Å². The SMILES string of the molecule is C=CCCc1cnncc1C. The molecule has 0 saturated heterocycles. The Morgan fingerprint density at radius 3 is 2.82 bits per heavy atom. The third-order valence-corrected chi connectivity index (χ3v) is 1.66. The van der Waals surface area contributed by atoms with Gasteiger partial charge in [-0.3, -0.25) is 0 Å². The minimum atomic E-state index is 1.01. The lowest BCUT2D eigenvalue weighted by Gasteiger charge is -1.99. The molecular formula is C9H12N2. The molecule has 0 aromatic carbocycles. The van der Waals surface area contributed by atoms with Crippen LogP contribution in [0, 0.1) is 6.92 Å². The van der Waals surface area contributed by atoms with Gasteiger partial charge in [-0.2, -0.15) is 10.2 Å². The number of hydrogen-bond donors (Lipinski definition) is 0. The van der Waals surface area contributed by atoms with Crippen molar-refractivity contribution in [3.8, 4) is 0 Å². The number of nitrogens with zero attached hydrogens (tertiary/aromatic N) is 2. The highest BCUT2D eigenvalue weighted by molar-refractivity contribution is 5.18. The first-order chi connectivity index (χ1) is 5.34. The number of hydrogen-bond acceptors (Lipinski definition) is 2. The normalized spacial score (nSPS) is 9.55. The maximum absolute atomic E-state index is 3.81. The molecule has 0 amide bonds. The van der Waals surface area contributed by atoms with Crippen molar-refractivity contribution in [1.29, 1.82) is 0 Å². The molecule has 0 aliphatic rings. The first-order valence-corrected chi connectivity index (χ1v) is 3.71. The van der Waals surface area contributed by atoms with Crippen molar-refractivity contribution in [3.63, 3.8) is 0 Å². The van der Waals surface area contributed by atoms with Gasteiger partial charge in [-0.15, -0.1) is 6.58 Å². The number of aromatic nitrogens is 2. The van der Waals surface area contributed by atoms with Crippen molar-refractivity contribution in [1.82, 2.24) is 10.2 Å². The molecule has 0 aliphatic carbocycles. The van der Waals surface area contributed by atoms with Crippen LogP contribution in [0.2, 0.25) is 0 Å². The molecule has 58 valence electrons. The van der Waals surface area contributed by atoms with Crippen LogP contribution in [-0.2, 0) is 6.42 Å². The van der Waals surface area contributed by atoms with Crippen LogP contribution in [0.15, 0.2) is 25.0 Å². The monoisotopic (exact) mass is 148 g/mol. The second-order valence-electron chi connectivity index (χ2n) is 2.52. The highest BCUT2D eigenvalue weighted by Crippen LogP contribution is 2.05. The lowest BCUT2D eigenvalue weighted by atomic mass is 10.1. The third kappa shape index (κ3) is 2.15. The molecule has 1 aromatic rings. The molecule has 2 heteroatoms. The molecule has 0 atom stereocenters. The smallest absolute Gasteiger partial charge is 0.0530 e. The predicted octanol–water partition coefficient (Wildman–Crippen LogP) is 1.90. The van der Waals surface area contributed by atoms with Gasteiger partial charge in [0.2, 0.25) is 0 Å². The van der Waals surface area contributed by atoms with E-state index in [0.29, 0.717) is 0 Å². The predicted molar refractivity (Wildman–Crippen MR) is 45.3 cm³/mol. The largest absolute Gasteiger partial charge is 0.159 e. The Morgan fingerprint density at radius 2 is 2.18 bits per heavy atom. The summed E-state index contributed by atoms with van der Waals surface area (Å²) < 4.78 is 0. The summed E-state index contributed by atoms with van der Waals surface area (Å²) in [6, 6.07) is 0. The van der Waals surface area contributed by atoms with E-state index in [0.717, 1.165) is 12.8 Å². The van der Waals surface area contributed by atoms with Crippen LogP contribution in [-0.4, -0.2) is 10.2 Å². The molecule has 0 fully saturated rings. The van der Waals surface area contributed by atoms with Gasteiger partial charge in [0, 0.05) is 0 Å². The Hall–Kier alpha value is -1.18. The lowest BCUT2D eigenvalue weighted by molar-refractivity contribution is 0.922. The van der Waals surface area contributed by atoms with Crippen LogP contribution in [0.1, 0.15) is 17.5 Å². The molecule has 0 spiro atoms. The topological polar surface area (TPSA) is 25.8 Å². The van der Waals surface area contributed by atoms with E-state index in [4.69, 9.17) is 0 Å². The van der Waals surface area contributed by atoms with Crippen molar-refractivity contribution >= 4 is 0 Å². The quantitative estimate of drug-likeness (QED) is 0.612. The fourth-order valence-corrected chi connectivity index (χ4v) is 0.927. The van der Waals surface area contributed by atoms with Gasteiger partial charge in [-0.25, -0.2) is 0 Å². The molecule has 0 saturated carbocycles. The van der Waals surface area contributed by atoms with Crippen LogP contribution in [0.25, 0.3) is 0 Å². The Bertz CT molecular complexity index is 243. The summed E-state index contributed by atoms with van der Waals surface area (Å²) in [6.07, 6.45) is 7.55. The fraction of sp³-hybridized carbons (Fsp3) is 0.333. The summed E-state index contributed by atoms with van der Waals surface area (Å²) in [4.78, 5) is 0. The number of allylic oxidation sites excluding steroid dienone is 1. The molecule has 1 rings (SSSR count). The average Bonchev–Trinajstić information content (AvgIpc) is 2.03. The lowest BCUT2D eigenvalue weighted by Crippen LogP contribution is -1.91. The molecule has 0 radical (unpaired) electrons. The average molecular weight is 148 g/mol. The Labute approximate surface area is 67.0 Å². The van der Waals surface area contributed by atoms with Crippen LogP contribution < -0.4 is 0 Å². The first-order valence-electron chi connectivity index (χ1n) is 3.71. The van der Waals surface area contributed by atoms with Gasteiger partial charge in [-0.1, -0.05) is 6.08 Å². The van der Waals surface area contributed by atoms with E-state index in [1.54, 1.807) is 6.20 Å². The standard InChI is InChI=1S/C9H12N2/c1-3-4-5-9-7-11-10-6-8(9)2/h3,6-7H,1,4-5H2,2H3. The van der Waals surface area contributed by atoms with Gasteiger partial charge in [0.05, 0.1) is 12.4 Å². The van der Waals surface area contributed by atoms with E-state index in [-0.39, 0.29) is 0 Å². The van der Waals surface area contributed by atoms with Crippen molar-refractivity contribution in [2.45, 2.75) is 19.8 Å². The van der Waals surface area contributed by atoms with Crippen LogP contribution in [0.4, 0.5) is 0 Å². The second-order valence-corrected chi connectivity index (χ2v) is 2.52. The van der Waals surface area contributed by atoms with Gasteiger partial charge in [0.25, 0.3) is 0 Å². The molecule has 1 heterocycles. The van der Waals surface area contributed by atoms with E-state index in [9.17, 15) is 0 Å². The van der Waals surface area contributed by atoms with E-state index in [1.165, 1.54) is 11.1 Å². The zero-order chi connectivity index (χ0) is 8.10. The molecular weight excluding hydrogens is 136 g/mol. The molecule has 0 bridgehead atoms. The Kier molecular flexibility index (Phi) is 2.78. The summed E-state index contributed by atoms with van der Waals surface area (Å²) in [5.41, 5.74) is 2.47. The fourth-order valence-electron chi connectivity index (χ4n) is 0.927. The van der Waals surface area contributed by atoms with Gasteiger partial charge in [0.1, 0.15) is 0 Å². The summed E-state index contributed by atoms with van der Waals surface area (Å²) >= 11 is 0. The van der Waals surface area contributed by atoms with E-state index in [1.807, 2.05) is 19.2 Å². The summed E-state index contributed by atoms with van der Waals surface area (Å²) in [5, 5.41) is 7.59. The maximum atomic E-state index is 3.81. The molecule has 0 N–H and O–H groups in total. The second kappa shape index (κ2) is 3.86. The van der Waals surface area contributed by atoms with Crippen molar-refractivity contribution in [2.75, 3.05) is 0 Å². The van der Waals surface area contributed by atoms with Crippen LogP contribution in [0.3, 0.4) is 0 Å². The van der Waals surface area contributed by atoms with E-state index < -0.39 is 0 Å². The minimum absolute atomic E-state index is 1.01. The molecule has 1 aromatic heterocycles. The Balaban J connectivity index is 2.69. The first kappa shape index (κ1) is 7.92. The third-order valence-electron chi connectivity index (χ3n) is 1.66. The summed E-state index contributed by atoms with van der Waals surface area (Å²) in [5.74, 6) is 0. The molecule has 11 heavy (non-hydrogen) atoms. The van der Waals surface area contributed by atoms with Gasteiger partial charge in [0.15, 0.2) is 0 Å². The minimum Gasteiger partial charge on any atom is -0.159 e. The Morgan fingerprint density at radius 1 is 1.45 bits per heavy atom. The molecule has 0 aliphatic heterocycles. The van der Waals surface area contributed by atoms with Gasteiger partial charge < -0.3 is 0 Å². The number of aryl methyl sites for hydroxylation is 2. The molecule has 2 nitrogen and oxygen atoms in total. The van der Waals surface area contributed by atoms with Gasteiger partial charge in [-0.05, 0) is 30.9 Å². The molecule has 0 unspecified atom stereocenters. The number of rotatable bonds is 3. The summed E-state index contributed by atoms with van der Waals surface area (Å²) in [7, 11) is 0.